The van der Waals surface area contributed by atoms with Crippen LogP contribution in [0.25, 0.3) is 10.9 Å². The highest BCUT2D eigenvalue weighted by Crippen LogP contribution is 2.29. The van der Waals surface area contributed by atoms with Crippen LogP contribution in [-0.4, -0.2) is 22.6 Å². The van der Waals surface area contributed by atoms with Crippen LogP contribution in [0, 0.1) is 10.1 Å². The molecule has 0 saturated carbocycles. The zero-order valence-corrected chi connectivity index (χ0v) is 9.44. The van der Waals surface area contributed by atoms with Gasteiger partial charge in [0.2, 0.25) is 0 Å². The molecule has 5 nitrogen and oxygen atoms in total. The van der Waals surface area contributed by atoms with Gasteiger partial charge in [-0.15, -0.1) is 0 Å². The summed E-state index contributed by atoms with van der Waals surface area (Å²) in [6.45, 7) is -1.21. The molecule has 0 unspecified atom stereocenters. The van der Waals surface area contributed by atoms with Crippen LogP contribution in [0.1, 0.15) is 0 Å². The number of rotatable bonds is 3. The average molecular weight is 271 g/mol. The minimum atomic E-state index is -4.36. The van der Waals surface area contributed by atoms with Crippen LogP contribution in [0.5, 0.6) is 0 Å². The molecule has 0 amide bonds. The average Bonchev–Trinajstić information content (AvgIpc) is 2.34. The fourth-order valence-electron chi connectivity index (χ4n) is 1.66. The van der Waals surface area contributed by atoms with Gasteiger partial charge in [0.1, 0.15) is 12.1 Å². The molecule has 1 aromatic carbocycles. The van der Waals surface area contributed by atoms with E-state index in [0.717, 1.165) is 0 Å². The van der Waals surface area contributed by atoms with Crippen LogP contribution in [0.2, 0.25) is 0 Å². The van der Waals surface area contributed by atoms with E-state index in [1.807, 2.05) is 0 Å². The first-order valence-electron chi connectivity index (χ1n) is 5.21. The van der Waals surface area contributed by atoms with E-state index < -0.39 is 17.6 Å². The van der Waals surface area contributed by atoms with Crippen molar-refractivity contribution in [2.45, 2.75) is 6.18 Å². The van der Waals surface area contributed by atoms with Crippen LogP contribution >= 0.6 is 0 Å². The normalized spacial score (nSPS) is 11.5. The number of alkyl halides is 3. The molecule has 0 radical (unpaired) electrons. The lowest BCUT2D eigenvalue weighted by Crippen LogP contribution is -2.21. The predicted octanol–water partition coefficient (Wildman–Crippen LogP) is 3.12. The summed E-state index contributed by atoms with van der Waals surface area (Å²) in [6.07, 6.45) is -3.13. The zero-order chi connectivity index (χ0) is 14.0. The summed E-state index contributed by atoms with van der Waals surface area (Å²) in [5.41, 5.74) is -0.0288. The van der Waals surface area contributed by atoms with Gasteiger partial charge >= 0.3 is 6.18 Å². The maximum absolute atomic E-state index is 12.2. The smallest absolute Gasteiger partial charge is 0.376 e. The minimum Gasteiger partial charge on any atom is -0.376 e. The second-order valence-electron chi connectivity index (χ2n) is 3.76. The van der Waals surface area contributed by atoms with Crippen molar-refractivity contribution >= 4 is 22.3 Å². The van der Waals surface area contributed by atoms with Crippen LogP contribution in [-0.2, 0) is 0 Å². The Bertz CT molecular complexity index is 628. The van der Waals surface area contributed by atoms with Crippen LogP contribution < -0.4 is 5.32 Å². The summed E-state index contributed by atoms with van der Waals surface area (Å²) in [5, 5.41) is 13.3. The minimum absolute atomic E-state index is 0.0553. The van der Waals surface area contributed by atoms with Gasteiger partial charge in [0.25, 0.3) is 5.69 Å². The molecule has 0 aliphatic heterocycles. The Morgan fingerprint density at radius 3 is 2.68 bits per heavy atom. The van der Waals surface area contributed by atoms with E-state index in [-0.39, 0.29) is 22.3 Å². The summed E-state index contributed by atoms with van der Waals surface area (Å²) >= 11 is 0. The molecular formula is C11H8F3N3O2. The summed E-state index contributed by atoms with van der Waals surface area (Å²) in [4.78, 5) is 14.0. The first kappa shape index (κ1) is 13.1. The molecule has 0 saturated heterocycles. The van der Waals surface area contributed by atoms with Crippen molar-refractivity contribution in [3.63, 3.8) is 0 Å². The van der Waals surface area contributed by atoms with Crippen molar-refractivity contribution in [3.8, 4) is 0 Å². The SMILES string of the molecule is O=[N+]([O-])c1cccc2c(NCC(F)(F)F)ccnc12. The summed E-state index contributed by atoms with van der Waals surface area (Å²) < 4.78 is 36.5. The van der Waals surface area contributed by atoms with Gasteiger partial charge in [0, 0.05) is 23.3 Å². The number of para-hydroxylation sites is 1. The molecular weight excluding hydrogens is 263 g/mol. The number of nitrogens with one attached hydrogen (secondary N) is 1. The molecule has 0 atom stereocenters. The van der Waals surface area contributed by atoms with Gasteiger partial charge in [0.05, 0.1) is 4.92 Å². The molecule has 0 aliphatic carbocycles. The van der Waals surface area contributed by atoms with Crippen LogP contribution in [0.15, 0.2) is 30.5 Å². The second kappa shape index (κ2) is 4.71. The molecule has 0 aliphatic rings. The number of nitro benzene ring substituents is 1. The number of pyridine rings is 1. The van der Waals surface area contributed by atoms with Gasteiger partial charge in [-0.1, -0.05) is 12.1 Å². The van der Waals surface area contributed by atoms with Gasteiger partial charge < -0.3 is 5.32 Å². The number of hydrogen-bond acceptors (Lipinski definition) is 4. The van der Waals surface area contributed by atoms with E-state index in [9.17, 15) is 23.3 Å². The van der Waals surface area contributed by atoms with Gasteiger partial charge in [-0.2, -0.15) is 13.2 Å². The highest BCUT2D eigenvalue weighted by molar-refractivity contribution is 5.96. The molecule has 2 rings (SSSR count). The maximum Gasteiger partial charge on any atom is 0.405 e. The monoisotopic (exact) mass is 271 g/mol. The number of non-ortho nitro benzene ring substituents is 1. The Morgan fingerprint density at radius 1 is 1.32 bits per heavy atom. The fraction of sp³-hybridized carbons (Fsp3) is 0.182. The lowest BCUT2D eigenvalue weighted by atomic mass is 10.1. The summed E-state index contributed by atoms with van der Waals surface area (Å²) in [5.74, 6) is 0. The first-order chi connectivity index (χ1) is 8.88. The summed E-state index contributed by atoms with van der Waals surface area (Å²) in [6, 6.07) is 5.48. The third-order valence-corrected chi connectivity index (χ3v) is 2.43. The summed E-state index contributed by atoms with van der Waals surface area (Å²) in [7, 11) is 0. The molecule has 1 aromatic heterocycles. The molecule has 8 heteroatoms. The van der Waals surface area contributed by atoms with E-state index >= 15 is 0 Å². The number of benzene rings is 1. The van der Waals surface area contributed by atoms with Crippen LogP contribution in [0.3, 0.4) is 0 Å². The van der Waals surface area contributed by atoms with E-state index in [0.29, 0.717) is 0 Å². The van der Waals surface area contributed by atoms with Crippen molar-refractivity contribution in [3.05, 3.63) is 40.6 Å². The Kier molecular flexibility index (Phi) is 3.24. The standard InChI is InChI=1S/C11H8F3N3O2/c12-11(13,14)6-16-8-4-5-15-10-7(8)2-1-3-9(10)17(18)19/h1-5H,6H2,(H,15,16). The molecule has 1 heterocycles. The van der Waals surface area contributed by atoms with Crippen LogP contribution in [0.4, 0.5) is 24.5 Å². The largest absolute Gasteiger partial charge is 0.405 e. The first-order valence-corrected chi connectivity index (χ1v) is 5.21. The van der Waals surface area contributed by atoms with Crippen molar-refractivity contribution in [2.75, 3.05) is 11.9 Å². The lowest BCUT2D eigenvalue weighted by molar-refractivity contribution is -0.383. The third kappa shape index (κ3) is 2.90. The number of nitrogens with zero attached hydrogens (tertiary/aromatic N) is 2. The Labute approximate surface area is 105 Å². The molecule has 0 fully saturated rings. The van der Waals surface area contributed by atoms with Crippen molar-refractivity contribution < 1.29 is 18.1 Å². The topological polar surface area (TPSA) is 68.1 Å². The van der Waals surface area contributed by atoms with Gasteiger partial charge in [0.15, 0.2) is 0 Å². The molecule has 0 spiro atoms. The van der Waals surface area contributed by atoms with Gasteiger partial charge in [-0.05, 0) is 6.07 Å². The third-order valence-electron chi connectivity index (χ3n) is 2.43. The van der Waals surface area contributed by atoms with Crippen molar-refractivity contribution in [2.24, 2.45) is 0 Å². The number of anilines is 1. The highest BCUT2D eigenvalue weighted by Gasteiger charge is 2.27. The molecule has 2 aromatic rings. The lowest BCUT2D eigenvalue weighted by Gasteiger charge is -2.11. The Hall–Kier alpha value is -2.38. The van der Waals surface area contributed by atoms with Gasteiger partial charge in [-0.3, -0.25) is 10.1 Å². The predicted molar refractivity (Wildman–Crippen MR) is 62.9 cm³/mol. The molecule has 0 bridgehead atoms. The van der Waals surface area contributed by atoms with E-state index in [4.69, 9.17) is 0 Å². The fourth-order valence-corrected chi connectivity index (χ4v) is 1.66. The number of halogens is 3. The number of aromatic nitrogens is 1. The quantitative estimate of drug-likeness (QED) is 0.688. The molecule has 19 heavy (non-hydrogen) atoms. The zero-order valence-electron chi connectivity index (χ0n) is 9.44. The Morgan fingerprint density at radius 2 is 2.05 bits per heavy atom. The number of fused-ring (bicyclic) bond motifs is 1. The van der Waals surface area contributed by atoms with E-state index in [1.165, 1.54) is 30.5 Å². The highest BCUT2D eigenvalue weighted by atomic mass is 19.4. The number of hydrogen-bond donors (Lipinski definition) is 1. The maximum atomic E-state index is 12.2. The molecule has 1 N–H and O–H groups in total. The van der Waals surface area contributed by atoms with E-state index in [1.54, 1.807) is 0 Å². The van der Waals surface area contributed by atoms with Crippen molar-refractivity contribution in [1.82, 2.24) is 4.98 Å². The van der Waals surface area contributed by atoms with Crippen molar-refractivity contribution in [1.29, 1.82) is 0 Å². The number of nitro groups is 1. The molecule has 100 valence electrons. The second-order valence-corrected chi connectivity index (χ2v) is 3.76. The van der Waals surface area contributed by atoms with E-state index in [2.05, 4.69) is 10.3 Å². The van der Waals surface area contributed by atoms with Gasteiger partial charge in [-0.25, -0.2) is 4.98 Å². The Balaban J connectivity index is 2.46.